The first-order chi connectivity index (χ1) is 8.65. The molecule has 0 aliphatic heterocycles. The van der Waals surface area contributed by atoms with Gasteiger partial charge in [-0.25, -0.2) is 4.79 Å². The van der Waals surface area contributed by atoms with Crippen LogP contribution in [0.3, 0.4) is 0 Å². The molecule has 0 aliphatic rings. The number of para-hydroxylation sites is 1. The van der Waals surface area contributed by atoms with Crippen LogP contribution in [-0.2, 0) is 0 Å². The quantitative estimate of drug-likeness (QED) is 0.833. The molecule has 92 valence electrons. The minimum absolute atomic E-state index is 0.486. The fraction of sp³-hybridized carbons (Fsp3) is 0. The number of benzene rings is 2. The fourth-order valence-electron chi connectivity index (χ4n) is 1.36. The van der Waals surface area contributed by atoms with Crippen molar-refractivity contribution in [3.63, 3.8) is 0 Å². The van der Waals surface area contributed by atoms with Gasteiger partial charge in [0.25, 0.3) is 0 Å². The van der Waals surface area contributed by atoms with Crippen LogP contribution in [0.5, 0.6) is 5.75 Å². The average Bonchev–Trinajstić information content (AvgIpc) is 2.35. The molecule has 0 fully saturated rings. The van der Waals surface area contributed by atoms with Crippen molar-refractivity contribution in [2.24, 2.45) is 0 Å². The van der Waals surface area contributed by atoms with Gasteiger partial charge in [0.15, 0.2) is 0 Å². The summed E-state index contributed by atoms with van der Waals surface area (Å²) in [6.07, 6.45) is -0.553. The molecule has 0 aliphatic carbocycles. The van der Waals surface area contributed by atoms with Gasteiger partial charge in [-0.05, 0) is 46.3 Å². The van der Waals surface area contributed by atoms with E-state index in [1.807, 2.05) is 6.07 Å². The summed E-state index contributed by atoms with van der Waals surface area (Å²) in [4.78, 5) is 11.6. The van der Waals surface area contributed by atoms with Crippen LogP contribution in [0.4, 0.5) is 16.2 Å². The second-order valence-electron chi connectivity index (χ2n) is 3.56. The Hall–Kier alpha value is -2.01. The van der Waals surface area contributed by atoms with Gasteiger partial charge in [-0.1, -0.05) is 18.2 Å². The van der Waals surface area contributed by atoms with Gasteiger partial charge in [0.2, 0.25) is 0 Å². The molecule has 18 heavy (non-hydrogen) atoms. The highest BCUT2D eigenvalue weighted by Crippen LogP contribution is 2.23. The van der Waals surface area contributed by atoms with E-state index in [1.54, 1.807) is 42.5 Å². The largest absolute Gasteiger partial charge is 0.417 e. The minimum Gasteiger partial charge on any atom is -0.410 e. The molecule has 5 heteroatoms. The van der Waals surface area contributed by atoms with Crippen molar-refractivity contribution in [3.8, 4) is 5.75 Å². The topological polar surface area (TPSA) is 64.3 Å². The van der Waals surface area contributed by atoms with Crippen LogP contribution in [0.1, 0.15) is 0 Å². The first-order valence-corrected chi connectivity index (χ1v) is 6.03. The van der Waals surface area contributed by atoms with Gasteiger partial charge in [-0.15, -0.1) is 0 Å². The minimum atomic E-state index is -0.553. The number of anilines is 2. The van der Waals surface area contributed by atoms with E-state index in [2.05, 4.69) is 21.2 Å². The van der Waals surface area contributed by atoms with Crippen molar-refractivity contribution in [1.82, 2.24) is 0 Å². The van der Waals surface area contributed by atoms with Crippen molar-refractivity contribution < 1.29 is 9.53 Å². The third kappa shape index (κ3) is 3.24. The highest BCUT2D eigenvalue weighted by atomic mass is 79.9. The summed E-state index contributed by atoms with van der Waals surface area (Å²) >= 11 is 3.28. The van der Waals surface area contributed by atoms with Crippen LogP contribution in [0, 0.1) is 0 Å². The molecular formula is C13H11BrN2O2. The summed E-state index contributed by atoms with van der Waals surface area (Å²) in [7, 11) is 0. The Labute approximate surface area is 113 Å². The number of hydrogen-bond acceptors (Lipinski definition) is 3. The Morgan fingerprint density at radius 2 is 1.89 bits per heavy atom. The molecule has 0 saturated heterocycles. The normalized spacial score (nSPS) is 9.83. The molecule has 0 aromatic heterocycles. The van der Waals surface area contributed by atoms with E-state index >= 15 is 0 Å². The maximum Gasteiger partial charge on any atom is 0.417 e. The summed E-state index contributed by atoms with van der Waals surface area (Å²) < 4.78 is 5.87. The zero-order chi connectivity index (χ0) is 13.0. The average molecular weight is 307 g/mol. The molecule has 0 atom stereocenters. The molecule has 2 aromatic carbocycles. The Morgan fingerprint density at radius 1 is 1.17 bits per heavy atom. The first-order valence-electron chi connectivity index (χ1n) is 5.24. The van der Waals surface area contributed by atoms with Gasteiger partial charge in [-0.2, -0.15) is 0 Å². The van der Waals surface area contributed by atoms with E-state index in [1.165, 1.54) is 0 Å². The van der Waals surface area contributed by atoms with Crippen molar-refractivity contribution in [3.05, 3.63) is 53.0 Å². The van der Waals surface area contributed by atoms with Crippen molar-refractivity contribution in [2.75, 3.05) is 11.1 Å². The first kappa shape index (κ1) is 12.4. The van der Waals surface area contributed by atoms with Crippen molar-refractivity contribution >= 4 is 33.4 Å². The number of ether oxygens (including phenoxy) is 1. The maximum absolute atomic E-state index is 11.6. The third-order valence-corrected chi connectivity index (χ3v) is 2.92. The zero-order valence-corrected chi connectivity index (χ0v) is 11.0. The molecule has 0 spiro atoms. The summed E-state index contributed by atoms with van der Waals surface area (Å²) in [5.74, 6) is 0.486. The molecule has 0 heterocycles. The van der Waals surface area contributed by atoms with E-state index < -0.39 is 6.09 Å². The molecule has 0 bridgehead atoms. The second kappa shape index (κ2) is 5.55. The second-order valence-corrected chi connectivity index (χ2v) is 4.42. The highest BCUT2D eigenvalue weighted by molar-refractivity contribution is 9.10. The van der Waals surface area contributed by atoms with E-state index in [9.17, 15) is 4.79 Å². The number of halogens is 1. The molecule has 0 unspecified atom stereocenters. The molecular weight excluding hydrogens is 296 g/mol. The number of nitrogens with two attached hydrogens (primary N) is 1. The number of hydrogen-bond donors (Lipinski definition) is 2. The Morgan fingerprint density at radius 3 is 2.56 bits per heavy atom. The lowest BCUT2D eigenvalue weighted by molar-refractivity contribution is 0.215. The number of carbonyl (C=O) groups excluding carboxylic acids is 1. The van der Waals surface area contributed by atoms with Crippen LogP contribution in [-0.4, -0.2) is 6.09 Å². The predicted molar refractivity (Wildman–Crippen MR) is 74.6 cm³/mol. The van der Waals surface area contributed by atoms with Gasteiger partial charge in [0, 0.05) is 15.8 Å². The molecule has 3 N–H and O–H groups in total. The summed E-state index contributed by atoms with van der Waals surface area (Å²) in [5.41, 5.74) is 6.84. The summed E-state index contributed by atoms with van der Waals surface area (Å²) in [5, 5.41) is 2.60. The number of amides is 1. The smallest absolute Gasteiger partial charge is 0.410 e. The standard InChI is InChI=1S/C13H11BrN2O2/c14-11-7-6-9(8-12(11)15)16-13(17)18-10-4-2-1-3-5-10/h1-8H,15H2,(H,16,17). The van der Waals surface area contributed by atoms with Gasteiger partial charge in [-0.3, -0.25) is 5.32 Å². The van der Waals surface area contributed by atoms with E-state index in [4.69, 9.17) is 10.5 Å². The van der Waals surface area contributed by atoms with Crippen molar-refractivity contribution in [2.45, 2.75) is 0 Å². The lowest BCUT2D eigenvalue weighted by Crippen LogP contribution is -2.16. The molecule has 2 rings (SSSR count). The molecule has 0 saturated carbocycles. The van der Waals surface area contributed by atoms with E-state index in [0.29, 0.717) is 17.1 Å². The molecule has 2 aromatic rings. The fourth-order valence-corrected chi connectivity index (χ4v) is 1.61. The highest BCUT2D eigenvalue weighted by Gasteiger charge is 2.05. The third-order valence-electron chi connectivity index (χ3n) is 2.20. The number of nitrogen functional groups attached to an aromatic ring is 1. The number of carbonyl (C=O) groups is 1. The van der Waals surface area contributed by atoms with Crippen LogP contribution < -0.4 is 15.8 Å². The van der Waals surface area contributed by atoms with Crippen molar-refractivity contribution in [1.29, 1.82) is 0 Å². The Kier molecular flexibility index (Phi) is 3.84. The number of nitrogens with one attached hydrogen (secondary N) is 1. The van der Waals surface area contributed by atoms with E-state index in [0.717, 1.165) is 4.47 Å². The SMILES string of the molecule is Nc1cc(NC(=O)Oc2ccccc2)ccc1Br. The van der Waals surface area contributed by atoms with Gasteiger partial charge in [0.1, 0.15) is 5.75 Å². The Bertz CT molecular complexity index is 558. The monoisotopic (exact) mass is 306 g/mol. The van der Waals surface area contributed by atoms with Crippen LogP contribution in [0.15, 0.2) is 53.0 Å². The maximum atomic E-state index is 11.6. The summed E-state index contributed by atoms with van der Waals surface area (Å²) in [6.45, 7) is 0. The van der Waals surface area contributed by atoms with Crippen LogP contribution in [0.25, 0.3) is 0 Å². The summed E-state index contributed by atoms with van der Waals surface area (Å²) in [6, 6.07) is 14.0. The van der Waals surface area contributed by atoms with Crippen LogP contribution in [0.2, 0.25) is 0 Å². The predicted octanol–water partition coefficient (Wildman–Crippen LogP) is 3.64. The van der Waals surface area contributed by atoms with Gasteiger partial charge in [0.05, 0.1) is 0 Å². The Balaban J connectivity index is 2.01. The lowest BCUT2D eigenvalue weighted by Gasteiger charge is -2.07. The number of rotatable bonds is 2. The zero-order valence-electron chi connectivity index (χ0n) is 9.39. The lowest BCUT2D eigenvalue weighted by atomic mass is 10.3. The molecule has 0 radical (unpaired) electrons. The van der Waals surface area contributed by atoms with Gasteiger partial charge >= 0.3 is 6.09 Å². The van der Waals surface area contributed by atoms with E-state index in [-0.39, 0.29) is 0 Å². The molecule has 4 nitrogen and oxygen atoms in total. The molecule has 1 amide bonds. The van der Waals surface area contributed by atoms with Gasteiger partial charge < -0.3 is 10.5 Å². The van der Waals surface area contributed by atoms with Crippen LogP contribution >= 0.6 is 15.9 Å².